The third-order valence-corrected chi connectivity index (χ3v) is 7.20. The standard InChI is InChI=1S/C32H21BrN4O4/c1-39-28-15-23(25(33)16-29(28)40-19-22-10-3-2-9-21(22)17-34)18-35-37-31(30-14-20-8-4-7-13-27(20)41-30)36-26-12-6-5-11-24(26)32(37)38/h2-16,18H,19H2,1H3. The largest absolute Gasteiger partial charge is 0.493 e. The Labute approximate surface area is 242 Å². The van der Waals surface area contributed by atoms with Gasteiger partial charge in [0.25, 0.3) is 5.56 Å². The second-order valence-corrected chi connectivity index (χ2v) is 9.90. The number of hydrogen-bond acceptors (Lipinski definition) is 7. The van der Waals surface area contributed by atoms with Gasteiger partial charge in [-0.15, -0.1) is 0 Å². The SMILES string of the molecule is COc1cc(C=Nn2c(-c3cc4ccccc4o3)nc3ccccc3c2=O)c(Br)cc1OCc1ccccc1C#N. The van der Waals surface area contributed by atoms with Gasteiger partial charge in [0.1, 0.15) is 12.2 Å². The van der Waals surface area contributed by atoms with E-state index in [0.717, 1.165) is 10.9 Å². The van der Waals surface area contributed by atoms with Gasteiger partial charge in [0.2, 0.25) is 5.82 Å². The van der Waals surface area contributed by atoms with E-state index < -0.39 is 0 Å². The molecule has 200 valence electrons. The number of methoxy groups -OCH3 is 1. The minimum atomic E-state index is -0.332. The average Bonchev–Trinajstić information content (AvgIpc) is 3.44. The van der Waals surface area contributed by atoms with E-state index in [9.17, 15) is 10.1 Å². The summed E-state index contributed by atoms with van der Waals surface area (Å²) in [5.41, 5.74) is 2.84. The van der Waals surface area contributed by atoms with Crippen LogP contribution in [0.2, 0.25) is 0 Å². The minimum Gasteiger partial charge on any atom is -0.493 e. The molecule has 0 saturated carbocycles. The van der Waals surface area contributed by atoms with Crippen molar-refractivity contribution in [2.75, 3.05) is 7.11 Å². The van der Waals surface area contributed by atoms with Gasteiger partial charge in [-0.1, -0.05) is 48.5 Å². The molecule has 0 radical (unpaired) electrons. The van der Waals surface area contributed by atoms with Gasteiger partial charge in [0.15, 0.2) is 17.3 Å². The Morgan fingerprint density at radius 2 is 1.80 bits per heavy atom. The van der Waals surface area contributed by atoms with Gasteiger partial charge in [-0.25, -0.2) is 4.98 Å². The quantitative estimate of drug-likeness (QED) is 0.183. The third kappa shape index (κ3) is 5.09. The summed E-state index contributed by atoms with van der Waals surface area (Å²) >= 11 is 3.58. The fourth-order valence-corrected chi connectivity index (χ4v) is 4.86. The molecular weight excluding hydrogens is 584 g/mol. The number of rotatable bonds is 7. The Morgan fingerprint density at radius 3 is 2.63 bits per heavy atom. The molecule has 9 heteroatoms. The molecule has 4 aromatic carbocycles. The summed E-state index contributed by atoms with van der Waals surface area (Å²) in [4.78, 5) is 18.3. The Balaban J connectivity index is 1.39. The number of aromatic nitrogens is 2. The summed E-state index contributed by atoms with van der Waals surface area (Å²) in [6.45, 7) is 0.193. The molecule has 6 rings (SSSR count). The van der Waals surface area contributed by atoms with Crippen LogP contribution < -0.4 is 15.0 Å². The molecule has 2 heterocycles. The number of fused-ring (bicyclic) bond motifs is 2. The van der Waals surface area contributed by atoms with Crippen LogP contribution in [0.4, 0.5) is 0 Å². The number of halogens is 1. The van der Waals surface area contributed by atoms with Crippen LogP contribution in [0.1, 0.15) is 16.7 Å². The third-order valence-electron chi connectivity index (χ3n) is 6.52. The van der Waals surface area contributed by atoms with Crippen molar-refractivity contribution in [3.05, 3.63) is 123 Å². The van der Waals surface area contributed by atoms with Crippen molar-refractivity contribution in [2.45, 2.75) is 6.61 Å². The molecule has 0 amide bonds. The van der Waals surface area contributed by atoms with Gasteiger partial charge in [-0.2, -0.15) is 15.0 Å². The van der Waals surface area contributed by atoms with Crippen molar-refractivity contribution < 1.29 is 13.9 Å². The highest BCUT2D eigenvalue weighted by Gasteiger charge is 2.17. The molecule has 0 saturated heterocycles. The number of hydrogen-bond donors (Lipinski definition) is 0. The zero-order valence-corrected chi connectivity index (χ0v) is 23.3. The van der Waals surface area contributed by atoms with Crippen LogP contribution >= 0.6 is 15.9 Å². The number of para-hydroxylation sites is 2. The minimum absolute atomic E-state index is 0.193. The molecular formula is C32H21BrN4O4. The monoisotopic (exact) mass is 604 g/mol. The summed E-state index contributed by atoms with van der Waals surface area (Å²) in [5.74, 6) is 1.65. The van der Waals surface area contributed by atoms with Crippen LogP contribution in [-0.4, -0.2) is 23.0 Å². The number of benzene rings is 4. The normalized spacial score (nSPS) is 11.2. The van der Waals surface area contributed by atoms with E-state index in [2.05, 4.69) is 27.1 Å². The van der Waals surface area contributed by atoms with E-state index in [0.29, 0.717) is 49.3 Å². The fraction of sp³-hybridized carbons (Fsp3) is 0.0625. The van der Waals surface area contributed by atoms with Crippen molar-refractivity contribution in [2.24, 2.45) is 5.10 Å². The Morgan fingerprint density at radius 1 is 1.02 bits per heavy atom. The molecule has 0 bridgehead atoms. The number of furan rings is 1. The molecule has 0 atom stereocenters. The van der Waals surface area contributed by atoms with Gasteiger partial charge in [0.05, 0.1) is 35.9 Å². The summed E-state index contributed by atoms with van der Waals surface area (Å²) in [5, 5.41) is 15.2. The molecule has 8 nitrogen and oxygen atoms in total. The molecule has 0 fully saturated rings. The summed E-state index contributed by atoms with van der Waals surface area (Å²) in [7, 11) is 1.54. The molecule has 0 aliphatic heterocycles. The van der Waals surface area contributed by atoms with Crippen molar-refractivity contribution in [3.8, 4) is 29.2 Å². The van der Waals surface area contributed by atoms with Crippen molar-refractivity contribution in [1.82, 2.24) is 9.66 Å². The van der Waals surface area contributed by atoms with Crippen LogP contribution in [0.15, 0.2) is 110 Å². The lowest BCUT2D eigenvalue weighted by Gasteiger charge is -2.13. The first kappa shape index (κ1) is 26.0. The van der Waals surface area contributed by atoms with Crippen LogP contribution in [0.5, 0.6) is 11.5 Å². The Kier molecular flexibility index (Phi) is 7.06. The van der Waals surface area contributed by atoms with Crippen LogP contribution in [-0.2, 0) is 6.61 Å². The van der Waals surface area contributed by atoms with Gasteiger partial charge in [-0.05, 0) is 58.4 Å². The van der Waals surface area contributed by atoms with E-state index in [1.807, 2.05) is 54.6 Å². The predicted molar refractivity (Wildman–Crippen MR) is 160 cm³/mol. The highest BCUT2D eigenvalue weighted by Crippen LogP contribution is 2.34. The second kappa shape index (κ2) is 11.1. The highest BCUT2D eigenvalue weighted by atomic mass is 79.9. The summed E-state index contributed by atoms with van der Waals surface area (Å²) in [6, 6.07) is 29.5. The van der Waals surface area contributed by atoms with E-state index in [4.69, 9.17) is 18.9 Å². The van der Waals surface area contributed by atoms with Crippen molar-refractivity contribution in [1.29, 1.82) is 5.26 Å². The predicted octanol–water partition coefficient (Wildman–Crippen LogP) is 6.91. The zero-order chi connectivity index (χ0) is 28.3. The fourth-order valence-electron chi connectivity index (χ4n) is 4.44. The molecule has 41 heavy (non-hydrogen) atoms. The maximum Gasteiger partial charge on any atom is 0.282 e. The number of nitriles is 1. The Hall–Kier alpha value is -5.20. The lowest BCUT2D eigenvalue weighted by atomic mass is 10.1. The molecule has 0 aliphatic carbocycles. The van der Waals surface area contributed by atoms with E-state index in [1.165, 1.54) is 11.8 Å². The highest BCUT2D eigenvalue weighted by molar-refractivity contribution is 9.10. The molecule has 0 aliphatic rings. The van der Waals surface area contributed by atoms with E-state index in [-0.39, 0.29) is 18.0 Å². The molecule has 6 aromatic rings. The zero-order valence-electron chi connectivity index (χ0n) is 21.7. The Bertz CT molecular complexity index is 2020. The number of ether oxygens (including phenoxy) is 2. The lowest BCUT2D eigenvalue weighted by molar-refractivity contribution is 0.284. The molecule has 2 aromatic heterocycles. The first-order chi connectivity index (χ1) is 20.1. The lowest BCUT2D eigenvalue weighted by Crippen LogP contribution is -2.20. The summed E-state index contributed by atoms with van der Waals surface area (Å²) < 4.78 is 19.5. The van der Waals surface area contributed by atoms with Gasteiger partial charge in [0, 0.05) is 21.0 Å². The van der Waals surface area contributed by atoms with E-state index >= 15 is 0 Å². The van der Waals surface area contributed by atoms with Gasteiger partial charge in [-0.3, -0.25) is 4.79 Å². The molecule has 0 spiro atoms. The smallest absolute Gasteiger partial charge is 0.282 e. The first-order valence-corrected chi connectivity index (χ1v) is 13.4. The van der Waals surface area contributed by atoms with Crippen LogP contribution in [0, 0.1) is 11.3 Å². The maximum atomic E-state index is 13.6. The second-order valence-electron chi connectivity index (χ2n) is 9.04. The number of nitrogens with zero attached hydrogens (tertiary/aromatic N) is 4. The van der Waals surface area contributed by atoms with E-state index in [1.54, 1.807) is 42.6 Å². The topological polar surface area (TPSA) is 103 Å². The van der Waals surface area contributed by atoms with Crippen LogP contribution in [0.25, 0.3) is 33.5 Å². The maximum absolute atomic E-state index is 13.6. The average molecular weight is 605 g/mol. The molecule has 0 unspecified atom stereocenters. The summed E-state index contributed by atoms with van der Waals surface area (Å²) in [6.07, 6.45) is 1.55. The van der Waals surface area contributed by atoms with Gasteiger partial charge >= 0.3 is 0 Å². The first-order valence-electron chi connectivity index (χ1n) is 12.6. The molecule has 0 N–H and O–H groups in total. The van der Waals surface area contributed by atoms with Gasteiger partial charge < -0.3 is 13.9 Å². The van der Waals surface area contributed by atoms with Crippen LogP contribution in [0.3, 0.4) is 0 Å². The van der Waals surface area contributed by atoms with Crippen molar-refractivity contribution in [3.63, 3.8) is 0 Å². The van der Waals surface area contributed by atoms with Crippen molar-refractivity contribution >= 4 is 44.0 Å².